The molecule has 1 N–H and O–H groups in total. The highest BCUT2D eigenvalue weighted by molar-refractivity contribution is 5.54. The maximum absolute atomic E-state index is 12.5. The van der Waals surface area contributed by atoms with Crippen molar-refractivity contribution < 1.29 is 35.2 Å². The third-order valence-corrected chi connectivity index (χ3v) is 2.43. The van der Waals surface area contributed by atoms with Crippen molar-refractivity contribution in [3.63, 3.8) is 0 Å². The first-order chi connectivity index (χ1) is 7.63. The van der Waals surface area contributed by atoms with Gasteiger partial charge in [0.05, 0.1) is 0 Å². The van der Waals surface area contributed by atoms with Gasteiger partial charge in [0, 0.05) is 13.0 Å². The van der Waals surface area contributed by atoms with E-state index in [0.29, 0.717) is 6.67 Å². The van der Waals surface area contributed by atoms with E-state index in [4.69, 9.17) is 0 Å². The van der Waals surface area contributed by atoms with Crippen molar-refractivity contribution in [1.29, 1.82) is 0 Å². The zero-order valence-electron chi connectivity index (χ0n) is 9.73. The maximum atomic E-state index is 12.5. The van der Waals surface area contributed by atoms with Crippen LogP contribution in [0.15, 0.2) is 17.0 Å². The third kappa shape index (κ3) is 6.07. The van der Waals surface area contributed by atoms with Crippen molar-refractivity contribution in [3.05, 3.63) is 11.9 Å². The van der Waals surface area contributed by atoms with Gasteiger partial charge >= 0.3 is 6.08 Å². The normalized spacial score (nSPS) is 18.1. The number of unbranched alkanes of at least 4 members (excludes halogenated alkanes) is 1. The fraction of sp³-hybridized carbons (Fsp3) is 0.700. The van der Waals surface area contributed by atoms with Gasteiger partial charge in [-0.3, -0.25) is 0 Å². The Morgan fingerprint density at radius 3 is 2.71 bits per heavy atom. The van der Waals surface area contributed by atoms with Crippen molar-refractivity contribution in [1.82, 2.24) is 4.90 Å². The van der Waals surface area contributed by atoms with E-state index in [-0.39, 0.29) is 29.9 Å². The summed E-state index contributed by atoms with van der Waals surface area (Å²) in [5.41, 5.74) is 0. The van der Waals surface area contributed by atoms with Crippen LogP contribution >= 0.6 is 0 Å². The van der Waals surface area contributed by atoms with Crippen LogP contribution in [0.4, 0.5) is 13.2 Å². The monoisotopic (exact) mass is 315 g/mol. The van der Waals surface area contributed by atoms with Crippen molar-refractivity contribution in [2.24, 2.45) is 5.10 Å². The first-order valence-corrected chi connectivity index (χ1v) is 5.46. The Morgan fingerprint density at radius 2 is 2.12 bits per heavy atom. The van der Waals surface area contributed by atoms with Gasteiger partial charge in [0.2, 0.25) is 0 Å². The second-order valence-electron chi connectivity index (χ2n) is 3.80. The van der Waals surface area contributed by atoms with Crippen molar-refractivity contribution in [2.45, 2.75) is 26.2 Å². The summed E-state index contributed by atoms with van der Waals surface area (Å²) in [4.78, 5) is 1.76. The van der Waals surface area contributed by atoms with E-state index >= 15 is 0 Å². The molecule has 0 fully saturated rings. The lowest BCUT2D eigenvalue weighted by atomic mass is 10.3. The topological polar surface area (TPSA) is 20.0 Å². The van der Waals surface area contributed by atoms with Crippen LogP contribution in [-0.4, -0.2) is 31.0 Å². The lowest BCUT2D eigenvalue weighted by molar-refractivity contribution is -0.908. The van der Waals surface area contributed by atoms with Gasteiger partial charge in [-0.25, -0.2) is 4.39 Å². The standard InChI is InChI=1S/C10H16F3N3.BrH/c1-2-3-5-16-8-15(7-14-16)6-4-9(11)10(12)13;/h7H,2-6,8H2,1H3;1H. The predicted molar refractivity (Wildman–Crippen MR) is 55.8 cm³/mol. The second-order valence-corrected chi connectivity index (χ2v) is 3.80. The highest BCUT2D eigenvalue weighted by Crippen LogP contribution is 2.13. The highest BCUT2D eigenvalue weighted by Gasteiger charge is 2.18. The van der Waals surface area contributed by atoms with E-state index in [1.165, 1.54) is 0 Å². The molecule has 3 nitrogen and oxygen atoms in total. The number of rotatable bonds is 6. The quantitative estimate of drug-likeness (QED) is 0.623. The molecule has 1 rings (SSSR count). The number of nitrogens with one attached hydrogen (secondary N) is 1. The molecule has 0 aromatic heterocycles. The van der Waals surface area contributed by atoms with Gasteiger partial charge in [0.15, 0.2) is 18.8 Å². The zero-order valence-corrected chi connectivity index (χ0v) is 11.3. The summed E-state index contributed by atoms with van der Waals surface area (Å²) in [6.45, 7) is 3.92. The maximum Gasteiger partial charge on any atom is 0.301 e. The number of hydrogen-bond donors (Lipinski definition) is 1. The molecule has 0 radical (unpaired) electrons. The third-order valence-electron chi connectivity index (χ3n) is 2.43. The molecule has 0 saturated heterocycles. The minimum absolute atomic E-state index is 0. The molecule has 0 spiro atoms. The Kier molecular flexibility index (Phi) is 8.24. The lowest BCUT2D eigenvalue weighted by Crippen LogP contribution is -3.07. The molecular formula is C10H17BrF3N3. The van der Waals surface area contributed by atoms with Crippen molar-refractivity contribution in [3.8, 4) is 0 Å². The van der Waals surface area contributed by atoms with Crippen LogP contribution in [0.5, 0.6) is 0 Å². The minimum Gasteiger partial charge on any atom is -1.00 e. The summed E-state index contributed by atoms with van der Waals surface area (Å²) in [6.07, 6.45) is 1.31. The van der Waals surface area contributed by atoms with Crippen LogP contribution in [0.3, 0.4) is 0 Å². The van der Waals surface area contributed by atoms with Gasteiger partial charge in [-0.05, 0) is 6.42 Å². The van der Waals surface area contributed by atoms with Crippen LogP contribution in [0.2, 0.25) is 0 Å². The lowest BCUT2D eigenvalue weighted by Gasteiger charge is -2.13. The summed E-state index contributed by atoms with van der Waals surface area (Å²) in [7, 11) is 0. The molecule has 1 aliphatic rings. The molecule has 0 aromatic rings. The van der Waals surface area contributed by atoms with Crippen molar-refractivity contribution in [2.75, 3.05) is 19.8 Å². The summed E-state index contributed by atoms with van der Waals surface area (Å²) in [5, 5.41) is 5.22. The molecule has 0 aromatic carbocycles. The molecule has 0 saturated carbocycles. The van der Waals surface area contributed by atoms with Gasteiger partial charge in [0.1, 0.15) is 6.54 Å². The molecule has 100 valence electrons. The number of nitrogens with zero attached hydrogens (tertiary/aromatic N) is 2. The Labute approximate surface area is 110 Å². The van der Waals surface area contributed by atoms with Gasteiger partial charge < -0.3 is 21.9 Å². The second kappa shape index (κ2) is 8.52. The Hall–Kier alpha value is -0.560. The predicted octanol–water partition coefficient (Wildman–Crippen LogP) is -1.64. The van der Waals surface area contributed by atoms with Crippen molar-refractivity contribution >= 4 is 6.34 Å². The number of hydrogen-bond acceptors (Lipinski definition) is 2. The van der Waals surface area contributed by atoms with E-state index in [1.807, 2.05) is 0 Å². The number of halogens is 4. The smallest absolute Gasteiger partial charge is 0.301 e. The van der Waals surface area contributed by atoms with E-state index < -0.39 is 11.9 Å². The Morgan fingerprint density at radius 1 is 1.41 bits per heavy atom. The van der Waals surface area contributed by atoms with Crippen LogP contribution in [-0.2, 0) is 0 Å². The Balaban J connectivity index is 0.00000256. The fourth-order valence-corrected chi connectivity index (χ4v) is 1.48. The largest absolute Gasteiger partial charge is 1.00 e. The van der Waals surface area contributed by atoms with E-state index in [9.17, 15) is 13.2 Å². The summed E-state index contributed by atoms with van der Waals surface area (Å²) in [5.74, 6) is -1.32. The summed E-state index contributed by atoms with van der Waals surface area (Å²) in [6, 6.07) is 0. The summed E-state index contributed by atoms with van der Waals surface area (Å²) < 4.78 is 36.1. The molecule has 0 aliphatic carbocycles. The first kappa shape index (κ1) is 16.4. The molecule has 0 amide bonds. The molecule has 0 bridgehead atoms. The van der Waals surface area contributed by atoms with Gasteiger partial charge in [-0.1, -0.05) is 18.4 Å². The molecule has 1 unspecified atom stereocenters. The average molecular weight is 316 g/mol. The van der Waals surface area contributed by atoms with Crippen LogP contribution in [0.1, 0.15) is 26.2 Å². The molecule has 7 heteroatoms. The van der Waals surface area contributed by atoms with Gasteiger partial charge in [-0.15, -0.1) is 0 Å². The molecule has 1 heterocycles. The van der Waals surface area contributed by atoms with E-state index in [0.717, 1.165) is 24.4 Å². The van der Waals surface area contributed by atoms with E-state index in [1.54, 1.807) is 11.2 Å². The highest BCUT2D eigenvalue weighted by atomic mass is 79.9. The SMILES string of the molecule is CCCC[NH+]1CN(CCC(F)=C(F)F)C=N1.[Br-]. The molecule has 1 aliphatic heterocycles. The average Bonchev–Trinajstić information content (AvgIpc) is 2.70. The number of quaternary nitrogens is 1. The van der Waals surface area contributed by atoms with Gasteiger partial charge in [0.25, 0.3) is 0 Å². The van der Waals surface area contributed by atoms with Crippen LogP contribution < -0.4 is 22.0 Å². The van der Waals surface area contributed by atoms with Gasteiger partial charge in [-0.2, -0.15) is 13.8 Å². The Bertz CT molecular complexity index is 280. The summed E-state index contributed by atoms with van der Waals surface area (Å²) >= 11 is 0. The van der Waals surface area contributed by atoms with Crippen LogP contribution in [0, 0.1) is 0 Å². The minimum atomic E-state index is -2.22. The zero-order chi connectivity index (χ0) is 12.0. The fourth-order valence-electron chi connectivity index (χ4n) is 1.48. The molecular weight excluding hydrogens is 299 g/mol. The molecule has 1 atom stereocenters. The molecule has 17 heavy (non-hydrogen) atoms. The first-order valence-electron chi connectivity index (χ1n) is 5.46. The van der Waals surface area contributed by atoms with Crippen LogP contribution in [0.25, 0.3) is 0 Å². The van der Waals surface area contributed by atoms with E-state index in [2.05, 4.69) is 12.0 Å².